The van der Waals surface area contributed by atoms with E-state index in [1.807, 2.05) is 6.07 Å². The number of fused-ring (bicyclic) bond motifs is 1. The fraction of sp³-hybridized carbons (Fsp3) is 0.565. The molecule has 0 bridgehead atoms. The van der Waals surface area contributed by atoms with Crippen LogP contribution in [0.5, 0.6) is 0 Å². The molecule has 3 heterocycles. The third-order valence-electron chi connectivity index (χ3n) is 6.60. The van der Waals surface area contributed by atoms with Gasteiger partial charge in [0.2, 0.25) is 0 Å². The van der Waals surface area contributed by atoms with Crippen LogP contribution < -0.4 is 0 Å². The van der Waals surface area contributed by atoms with Crippen molar-refractivity contribution in [2.45, 2.75) is 57.2 Å². The van der Waals surface area contributed by atoms with Gasteiger partial charge in [-0.1, -0.05) is 23.7 Å². The highest BCUT2D eigenvalue weighted by molar-refractivity contribution is 6.31. The molecule has 0 spiro atoms. The molecule has 2 aliphatic rings. The van der Waals surface area contributed by atoms with Crippen molar-refractivity contribution in [2.24, 2.45) is 0 Å². The van der Waals surface area contributed by atoms with E-state index in [9.17, 15) is 22.4 Å². The lowest BCUT2D eigenvalue weighted by Crippen LogP contribution is -2.37. The van der Waals surface area contributed by atoms with Crippen molar-refractivity contribution in [1.82, 2.24) is 20.0 Å². The van der Waals surface area contributed by atoms with E-state index >= 15 is 0 Å². The van der Waals surface area contributed by atoms with Crippen LogP contribution in [0, 0.1) is 5.82 Å². The molecule has 0 saturated carbocycles. The highest BCUT2D eigenvalue weighted by atomic mass is 35.5. The number of rotatable bonds is 4. The number of carbonyl (C=O) groups excluding carboxylic acids is 1. The van der Waals surface area contributed by atoms with Gasteiger partial charge in [0, 0.05) is 50.4 Å². The van der Waals surface area contributed by atoms with E-state index in [1.165, 1.54) is 6.07 Å². The van der Waals surface area contributed by atoms with E-state index in [1.54, 1.807) is 15.9 Å². The van der Waals surface area contributed by atoms with Crippen LogP contribution >= 0.6 is 11.6 Å². The lowest BCUT2D eigenvalue weighted by atomic mass is 9.88. The van der Waals surface area contributed by atoms with E-state index in [0.717, 1.165) is 36.9 Å². The summed E-state index contributed by atoms with van der Waals surface area (Å²) in [5.41, 5.74) is 2.66. The first-order chi connectivity index (χ1) is 15.7. The number of aromatic nitrogens is 2. The lowest BCUT2D eigenvalue weighted by molar-refractivity contribution is -0.138. The number of aromatic amines is 1. The predicted molar refractivity (Wildman–Crippen MR) is 117 cm³/mol. The number of nitrogens with zero attached hydrogens (tertiary/aromatic N) is 3. The molecule has 0 unspecified atom stereocenters. The molecular weight excluding hydrogens is 460 g/mol. The second kappa shape index (κ2) is 10.0. The van der Waals surface area contributed by atoms with Crippen LogP contribution in [0.3, 0.4) is 0 Å². The van der Waals surface area contributed by atoms with Crippen LogP contribution in [0.25, 0.3) is 0 Å². The standard InChI is InChI=1S/C23H27ClF4N4O/c24-20-16(6-1-7-18(20)25)15-4-2-10-32(11-3-5-15)22(33)21-17-14-31(13-9-23(26,27)28)12-8-19(17)29-30-21/h1,6-7,15H,2-5,8-14H2,(H,29,30). The fourth-order valence-electron chi connectivity index (χ4n) is 4.82. The van der Waals surface area contributed by atoms with E-state index in [4.69, 9.17) is 11.6 Å². The number of hydrogen-bond donors (Lipinski definition) is 1. The molecule has 0 aliphatic carbocycles. The average Bonchev–Trinajstić information content (AvgIpc) is 3.17. The Balaban J connectivity index is 1.39. The first kappa shape index (κ1) is 24.0. The van der Waals surface area contributed by atoms with Gasteiger partial charge in [-0.05, 0) is 43.2 Å². The molecule has 1 N–H and O–H groups in total. The van der Waals surface area contributed by atoms with E-state index in [2.05, 4.69) is 10.2 Å². The van der Waals surface area contributed by atoms with Crippen LogP contribution in [0.2, 0.25) is 5.02 Å². The topological polar surface area (TPSA) is 52.2 Å². The third kappa shape index (κ3) is 5.69. The molecule has 1 aromatic carbocycles. The third-order valence-corrected chi connectivity index (χ3v) is 7.00. The summed E-state index contributed by atoms with van der Waals surface area (Å²) in [6.45, 7) is 1.79. The van der Waals surface area contributed by atoms with Gasteiger partial charge in [-0.25, -0.2) is 4.39 Å². The largest absolute Gasteiger partial charge is 0.390 e. The summed E-state index contributed by atoms with van der Waals surface area (Å²) >= 11 is 6.18. The van der Waals surface area contributed by atoms with Crippen LogP contribution in [-0.2, 0) is 13.0 Å². The van der Waals surface area contributed by atoms with E-state index < -0.39 is 18.4 Å². The number of nitrogens with one attached hydrogen (secondary N) is 1. The molecule has 180 valence electrons. The Labute approximate surface area is 195 Å². The van der Waals surface area contributed by atoms with Crippen LogP contribution in [-0.4, -0.2) is 58.3 Å². The van der Waals surface area contributed by atoms with Crippen molar-refractivity contribution >= 4 is 17.5 Å². The van der Waals surface area contributed by atoms with E-state index in [-0.39, 0.29) is 29.9 Å². The minimum absolute atomic E-state index is 0.0878. The Morgan fingerprint density at radius 3 is 2.61 bits per heavy atom. The van der Waals surface area contributed by atoms with Crippen molar-refractivity contribution in [3.63, 3.8) is 0 Å². The Kier molecular flexibility index (Phi) is 7.28. The summed E-state index contributed by atoms with van der Waals surface area (Å²) in [4.78, 5) is 16.7. The molecule has 33 heavy (non-hydrogen) atoms. The summed E-state index contributed by atoms with van der Waals surface area (Å²) in [5, 5.41) is 7.32. The highest BCUT2D eigenvalue weighted by Gasteiger charge is 2.32. The Bertz CT molecular complexity index is 983. The summed E-state index contributed by atoms with van der Waals surface area (Å²) in [6, 6.07) is 4.88. The quantitative estimate of drug-likeness (QED) is 0.596. The Morgan fingerprint density at radius 1 is 1.18 bits per heavy atom. The van der Waals surface area contributed by atoms with Crippen LogP contribution in [0.15, 0.2) is 18.2 Å². The summed E-state index contributed by atoms with van der Waals surface area (Å²) < 4.78 is 51.7. The SMILES string of the molecule is O=C(c1n[nH]c2c1CN(CCC(F)(F)F)CC2)N1CCCC(c2cccc(F)c2Cl)CCC1. The zero-order valence-corrected chi connectivity index (χ0v) is 19.0. The van der Waals surface area contributed by atoms with Gasteiger partial charge in [0.15, 0.2) is 5.69 Å². The maximum atomic E-state index is 13.9. The molecule has 4 rings (SSSR count). The number of benzene rings is 1. The number of halogens is 5. The molecule has 1 fully saturated rings. The summed E-state index contributed by atoms with van der Waals surface area (Å²) in [5.74, 6) is -0.459. The predicted octanol–water partition coefficient (Wildman–Crippen LogP) is 5.31. The zero-order chi connectivity index (χ0) is 23.6. The molecular formula is C23H27ClF4N4O. The number of carbonyl (C=O) groups is 1. The van der Waals surface area contributed by atoms with Crippen molar-refractivity contribution in [3.8, 4) is 0 Å². The molecule has 1 saturated heterocycles. The number of alkyl halides is 3. The molecule has 0 atom stereocenters. The first-order valence-corrected chi connectivity index (χ1v) is 11.7. The van der Waals surface area contributed by atoms with Gasteiger partial charge in [-0.2, -0.15) is 18.3 Å². The van der Waals surface area contributed by atoms with Gasteiger partial charge in [0.25, 0.3) is 5.91 Å². The Hall–Kier alpha value is -2.13. The highest BCUT2D eigenvalue weighted by Crippen LogP contribution is 2.34. The summed E-state index contributed by atoms with van der Waals surface area (Å²) in [6.07, 6.45) is -1.46. The van der Waals surface area contributed by atoms with Crippen molar-refractivity contribution in [2.75, 3.05) is 26.2 Å². The number of hydrogen-bond acceptors (Lipinski definition) is 3. The van der Waals surface area contributed by atoms with Gasteiger partial charge in [0.05, 0.1) is 11.4 Å². The number of likely N-dealkylation sites (tertiary alicyclic amines) is 1. The molecule has 1 aromatic heterocycles. The molecule has 2 aromatic rings. The van der Waals surface area contributed by atoms with Gasteiger partial charge >= 0.3 is 6.18 Å². The molecule has 2 aliphatic heterocycles. The van der Waals surface area contributed by atoms with Gasteiger partial charge in [-0.3, -0.25) is 14.8 Å². The normalized spacial score (nSPS) is 18.6. The summed E-state index contributed by atoms with van der Waals surface area (Å²) in [7, 11) is 0. The minimum atomic E-state index is -4.20. The molecule has 5 nitrogen and oxygen atoms in total. The fourth-order valence-corrected chi connectivity index (χ4v) is 5.10. The lowest BCUT2D eigenvalue weighted by Gasteiger charge is -2.30. The molecule has 10 heteroatoms. The van der Waals surface area contributed by atoms with Gasteiger partial charge < -0.3 is 4.90 Å². The molecule has 1 amide bonds. The van der Waals surface area contributed by atoms with Gasteiger partial charge in [-0.15, -0.1) is 0 Å². The maximum absolute atomic E-state index is 13.9. The van der Waals surface area contributed by atoms with Crippen molar-refractivity contribution in [1.29, 1.82) is 0 Å². The average molecular weight is 487 g/mol. The van der Waals surface area contributed by atoms with Crippen LogP contribution in [0.4, 0.5) is 17.6 Å². The first-order valence-electron chi connectivity index (χ1n) is 11.3. The molecule has 0 radical (unpaired) electrons. The Morgan fingerprint density at radius 2 is 1.91 bits per heavy atom. The number of amides is 1. The second-order valence-corrected chi connectivity index (χ2v) is 9.22. The second-order valence-electron chi connectivity index (χ2n) is 8.84. The van der Waals surface area contributed by atoms with Crippen molar-refractivity contribution < 1.29 is 22.4 Å². The van der Waals surface area contributed by atoms with E-state index in [0.29, 0.717) is 37.3 Å². The van der Waals surface area contributed by atoms with Crippen molar-refractivity contribution in [3.05, 3.63) is 51.6 Å². The minimum Gasteiger partial charge on any atom is -0.337 e. The zero-order valence-electron chi connectivity index (χ0n) is 18.2. The smallest absolute Gasteiger partial charge is 0.337 e. The van der Waals surface area contributed by atoms with Gasteiger partial charge in [0.1, 0.15) is 5.82 Å². The monoisotopic (exact) mass is 486 g/mol. The number of H-pyrrole nitrogens is 1. The van der Waals surface area contributed by atoms with Crippen LogP contribution in [0.1, 0.15) is 65.3 Å². The maximum Gasteiger partial charge on any atom is 0.390 e.